The fourth-order valence-electron chi connectivity index (χ4n) is 1.97. The monoisotopic (exact) mass is 301 g/mol. The molecule has 1 N–H and O–H groups in total. The first-order valence-corrected chi connectivity index (χ1v) is 7.06. The number of nitrogens with zero attached hydrogens (tertiary/aromatic N) is 2. The quantitative estimate of drug-likeness (QED) is 0.897. The Morgan fingerprint density at radius 1 is 1.47 bits per heavy atom. The molecule has 98 valence electrons. The summed E-state index contributed by atoms with van der Waals surface area (Å²) in [6.45, 7) is 9.89. The smallest absolute Gasteiger partial charge is 0.0695 e. The van der Waals surface area contributed by atoms with E-state index < -0.39 is 0 Å². The van der Waals surface area contributed by atoms with Crippen LogP contribution in [0.15, 0.2) is 10.7 Å². The molecule has 0 aromatic carbocycles. The standard InChI is InChI=1S/C13H24BrN3/c1-6-17-12(10(14)9-16-17)11(15-5)7-8-13(2,3)4/h9,11,15H,6-8H2,1-5H3. The molecule has 1 heterocycles. The molecule has 0 aliphatic rings. The lowest BCUT2D eigenvalue weighted by molar-refractivity contribution is 0.331. The van der Waals surface area contributed by atoms with E-state index in [4.69, 9.17) is 0 Å². The van der Waals surface area contributed by atoms with Crippen molar-refractivity contribution in [1.82, 2.24) is 15.1 Å². The molecule has 0 radical (unpaired) electrons. The van der Waals surface area contributed by atoms with Crippen LogP contribution in [0, 0.1) is 5.41 Å². The van der Waals surface area contributed by atoms with E-state index >= 15 is 0 Å². The predicted octanol–water partition coefficient (Wildman–Crippen LogP) is 3.75. The normalized spacial score (nSPS) is 14.0. The number of aromatic nitrogens is 2. The van der Waals surface area contributed by atoms with Crippen LogP contribution >= 0.6 is 15.9 Å². The van der Waals surface area contributed by atoms with Gasteiger partial charge in [-0.05, 0) is 48.2 Å². The van der Waals surface area contributed by atoms with Crippen molar-refractivity contribution < 1.29 is 0 Å². The molecule has 1 aromatic heterocycles. The first-order chi connectivity index (χ1) is 7.89. The van der Waals surface area contributed by atoms with Crippen molar-refractivity contribution in [2.24, 2.45) is 5.41 Å². The molecule has 0 fully saturated rings. The fraction of sp³-hybridized carbons (Fsp3) is 0.769. The van der Waals surface area contributed by atoms with Gasteiger partial charge in [-0.3, -0.25) is 4.68 Å². The molecule has 0 amide bonds. The number of halogens is 1. The van der Waals surface area contributed by atoms with Gasteiger partial charge in [-0.25, -0.2) is 0 Å². The number of hydrogen-bond acceptors (Lipinski definition) is 2. The van der Waals surface area contributed by atoms with Gasteiger partial charge in [0.15, 0.2) is 0 Å². The van der Waals surface area contributed by atoms with Crippen LogP contribution in [0.1, 0.15) is 52.3 Å². The van der Waals surface area contributed by atoms with E-state index in [-0.39, 0.29) is 0 Å². The molecule has 0 saturated heterocycles. The van der Waals surface area contributed by atoms with Crippen LogP contribution in [0.2, 0.25) is 0 Å². The van der Waals surface area contributed by atoms with E-state index in [2.05, 4.69) is 58.7 Å². The number of hydrogen-bond donors (Lipinski definition) is 1. The summed E-state index contributed by atoms with van der Waals surface area (Å²) >= 11 is 3.60. The molecule has 1 rings (SSSR count). The molecule has 1 aromatic rings. The van der Waals surface area contributed by atoms with Gasteiger partial charge in [0.2, 0.25) is 0 Å². The second-order valence-corrected chi connectivity index (χ2v) is 6.49. The average molecular weight is 302 g/mol. The van der Waals surface area contributed by atoms with Crippen molar-refractivity contribution in [2.45, 2.75) is 53.1 Å². The van der Waals surface area contributed by atoms with Crippen LogP contribution in [0.25, 0.3) is 0 Å². The number of rotatable bonds is 5. The Bertz CT molecular complexity index is 352. The van der Waals surface area contributed by atoms with E-state index in [0.29, 0.717) is 11.5 Å². The van der Waals surface area contributed by atoms with Crippen molar-refractivity contribution in [1.29, 1.82) is 0 Å². The highest BCUT2D eigenvalue weighted by Gasteiger charge is 2.20. The Labute approximate surface area is 113 Å². The Balaban J connectivity index is 2.82. The summed E-state index contributed by atoms with van der Waals surface area (Å²) in [4.78, 5) is 0. The highest BCUT2D eigenvalue weighted by molar-refractivity contribution is 9.10. The first-order valence-electron chi connectivity index (χ1n) is 6.27. The predicted molar refractivity (Wildman–Crippen MR) is 76.1 cm³/mol. The second-order valence-electron chi connectivity index (χ2n) is 5.63. The maximum absolute atomic E-state index is 4.38. The van der Waals surface area contributed by atoms with Gasteiger partial charge in [-0.15, -0.1) is 0 Å². The van der Waals surface area contributed by atoms with Crippen molar-refractivity contribution >= 4 is 15.9 Å². The van der Waals surface area contributed by atoms with Gasteiger partial charge in [-0.1, -0.05) is 20.8 Å². The molecule has 0 aliphatic heterocycles. The molecule has 4 heteroatoms. The van der Waals surface area contributed by atoms with Gasteiger partial charge in [0, 0.05) is 6.54 Å². The lowest BCUT2D eigenvalue weighted by Gasteiger charge is -2.23. The Morgan fingerprint density at radius 3 is 2.59 bits per heavy atom. The molecule has 1 atom stereocenters. The van der Waals surface area contributed by atoms with Gasteiger partial charge in [-0.2, -0.15) is 5.10 Å². The zero-order valence-corrected chi connectivity index (χ0v) is 13.1. The molecule has 17 heavy (non-hydrogen) atoms. The third-order valence-corrected chi connectivity index (χ3v) is 3.61. The molecular weight excluding hydrogens is 278 g/mol. The van der Waals surface area contributed by atoms with Crippen LogP contribution in [0.4, 0.5) is 0 Å². The third-order valence-electron chi connectivity index (χ3n) is 2.99. The van der Waals surface area contributed by atoms with Gasteiger partial charge < -0.3 is 5.32 Å². The van der Waals surface area contributed by atoms with Crippen LogP contribution in [-0.2, 0) is 6.54 Å². The largest absolute Gasteiger partial charge is 0.312 e. The van der Waals surface area contributed by atoms with Gasteiger partial charge in [0.25, 0.3) is 0 Å². The zero-order valence-electron chi connectivity index (χ0n) is 11.5. The number of aryl methyl sites for hydroxylation is 1. The summed E-state index contributed by atoms with van der Waals surface area (Å²) < 4.78 is 3.17. The van der Waals surface area contributed by atoms with Crippen molar-refractivity contribution in [3.8, 4) is 0 Å². The Morgan fingerprint density at radius 2 is 2.12 bits per heavy atom. The van der Waals surface area contributed by atoms with Crippen LogP contribution in [-0.4, -0.2) is 16.8 Å². The summed E-state index contributed by atoms with van der Waals surface area (Å²) in [6.07, 6.45) is 4.21. The van der Waals surface area contributed by atoms with Crippen LogP contribution in [0.3, 0.4) is 0 Å². The lowest BCUT2D eigenvalue weighted by atomic mass is 9.88. The first kappa shape index (κ1) is 14.7. The summed E-state index contributed by atoms with van der Waals surface area (Å²) in [7, 11) is 2.02. The average Bonchev–Trinajstić information content (AvgIpc) is 2.60. The minimum Gasteiger partial charge on any atom is -0.312 e. The summed E-state index contributed by atoms with van der Waals surface area (Å²) in [6, 6.07) is 0.367. The number of nitrogens with one attached hydrogen (secondary N) is 1. The molecule has 0 saturated carbocycles. The fourth-order valence-corrected chi connectivity index (χ4v) is 2.54. The summed E-state index contributed by atoms with van der Waals surface area (Å²) in [5.41, 5.74) is 1.64. The SMILES string of the molecule is CCn1ncc(Br)c1C(CCC(C)(C)C)NC. The minimum atomic E-state index is 0.367. The zero-order chi connectivity index (χ0) is 13.1. The van der Waals surface area contributed by atoms with E-state index in [0.717, 1.165) is 17.4 Å². The molecule has 3 nitrogen and oxygen atoms in total. The van der Waals surface area contributed by atoms with E-state index in [1.54, 1.807) is 0 Å². The molecule has 0 aliphatic carbocycles. The molecule has 0 spiro atoms. The van der Waals surface area contributed by atoms with E-state index in [9.17, 15) is 0 Å². The van der Waals surface area contributed by atoms with Crippen molar-refractivity contribution in [2.75, 3.05) is 7.05 Å². The highest BCUT2D eigenvalue weighted by Crippen LogP contribution is 2.30. The van der Waals surface area contributed by atoms with Crippen LogP contribution < -0.4 is 5.32 Å². The minimum absolute atomic E-state index is 0.367. The van der Waals surface area contributed by atoms with Crippen molar-refractivity contribution in [3.05, 3.63) is 16.4 Å². The summed E-state index contributed by atoms with van der Waals surface area (Å²) in [5, 5.41) is 7.78. The Hall–Kier alpha value is -0.350. The lowest BCUT2D eigenvalue weighted by Crippen LogP contribution is -2.22. The maximum Gasteiger partial charge on any atom is 0.0695 e. The van der Waals surface area contributed by atoms with Crippen LogP contribution in [0.5, 0.6) is 0 Å². The topological polar surface area (TPSA) is 29.9 Å². The molecule has 0 bridgehead atoms. The molecule has 1 unspecified atom stereocenters. The molecular formula is C13H24BrN3. The second kappa shape index (κ2) is 6.01. The van der Waals surface area contributed by atoms with E-state index in [1.165, 1.54) is 12.1 Å². The van der Waals surface area contributed by atoms with Crippen molar-refractivity contribution in [3.63, 3.8) is 0 Å². The summed E-state index contributed by atoms with van der Waals surface area (Å²) in [5.74, 6) is 0. The maximum atomic E-state index is 4.38. The van der Waals surface area contributed by atoms with Gasteiger partial charge in [0.1, 0.15) is 0 Å². The highest BCUT2D eigenvalue weighted by atomic mass is 79.9. The Kier molecular flexibility index (Phi) is 5.20. The van der Waals surface area contributed by atoms with E-state index in [1.807, 2.05) is 13.2 Å². The van der Waals surface area contributed by atoms with Gasteiger partial charge in [0.05, 0.1) is 22.4 Å². The van der Waals surface area contributed by atoms with Gasteiger partial charge >= 0.3 is 0 Å². The third kappa shape index (κ3) is 4.11.